The molecule has 1 aliphatic heterocycles. The first-order chi connectivity index (χ1) is 6.72. The molecule has 4 nitrogen and oxygen atoms in total. The highest BCUT2D eigenvalue weighted by Crippen LogP contribution is 2.17. The lowest BCUT2D eigenvalue weighted by Gasteiger charge is -2.26. The van der Waals surface area contributed by atoms with Gasteiger partial charge in [-0.15, -0.1) is 0 Å². The highest BCUT2D eigenvalue weighted by molar-refractivity contribution is 5.67. The van der Waals surface area contributed by atoms with Crippen molar-refractivity contribution in [1.29, 1.82) is 0 Å². The maximum Gasteiger partial charge on any atom is 0.305 e. The van der Waals surface area contributed by atoms with Crippen LogP contribution in [0.1, 0.15) is 39.0 Å². The smallest absolute Gasteiger partial charge is 0.305 e. The molecule has 0 aromatic heterocycles. The number of carboxylic acids is 1. The summed E-state index contributed by atoms with van der Waals surface area (Å²) in [7, 11) is 0. The Morgan fingerprint density at radius 1 is 1.64 bits per heavy atom. The number of carbonyl (C=O) groups is 1. The van der Waals surface area contributed by atoms with Crippen molar-refractivity contribution in [3.05, 3.63) is 0 Å². The van der Waals surface area contributed by atoms with Crippen LogP contribution in [0.5, 0.6) is 0 Å². The van der Waals surface area contributed by atoms with Gasteiger partial charge in [0.2, 0.25) is 0 Å². The Morgan fingerprint density at radius 3 is 2.93 bits per heavy atom. The third kappa shape index (κ3) is 4.07. The van der Waals surface area contributed by atoms with Gasteiger partial charge in [-0.3, -0.25) is 4.79 Å². The molecule has 0 aliphatic carbocycles. The second-order valence-electron chi connectivity index (χ2n) is 3.56. The molecule has 0 spiro atoms. The zero-order valence-electron chi connectivity index (χ0n) is 8.57. The third-order valence-corrected chi connectivity index (χ3v) is 2.34. The van der Waals surface area contributed by atoms with Crippen LogP contribution in [0.2, 0.25) is 0 Å². The van der Waals surface area contributed by atoms with Crippen LogP contribution >= 0.6 is 0 Å². The minimum Gasteiger partial charge on any atom is -0.481 e. The van der Waals surface area contributed by atoms with E-state index in [1.54, 1.807) is 0 Å². The van der Waals surface area contributed by atoms with Crippen LogP contribution < -0.4 is 0 Å². The molecule has 1 heterocycles. The van der Waals surface area contributed by atoms with Crippen LogP contribution in [0.4, 0.5) is 0 Å². The number of ether oxygens (including phenoxy) is 2. The molecule has 0 radical (unpaired) electrons. The van der Waals surface area contributed by atoms with Crippen molar-refractivity contribution in [3.63, 3.8) is 0 Å². The maximum atomic E-state index is 10.5. The average Bonchev–Trinajstić information content (AvgIpc) is 2.17. The lowest BCUT2D eigenvalue weighted by Crippen LogP contribution is -2.29. The molecule has 1 rings (SSSR count). The second-order valence-corrected chi connectivity index (χ2v) is 3.56. The van der Waals surface area contributed by atoms with Crippen LogP contribution in [0.15, 0.2) is 0 Å². The summed E-state index contributed by atoms with van der Waals surface area (Å²) in [4.78, 5) is 10.5. The highest BCUT2D eigenvalue weighted by Gasteiger charge is 2.20. The summed E-state index contributed by atoms with van der Waals surface area (Å²) in [5, 5.41) is 8.62. The molecule has 2 atom stereocenters. The average molecular weight is 202 g/mol. The molecule has 1 unspecified atom stereocenters. The fourth-order valence-electron chi connectivity index (χ4n) is 1.52. The normalized spacial score (nSPS) is 24.5. The summed E-state index contributed by atoms with van der Waals surface area (Å²) < 4.78 is 10.9. The topological polar surface area (TPSA) is 55.8 Å². The van der Waals surface area contributed by atoms with Gasteiger partial charge in [-0.05, 0) is 25.7 Å². The zero-order chi connectivity index (χ0) is 10.4. The summed E-state index contributed by atoms with van der Waals surface area (Å²) in [6.45, 7) is 2.66. The van der Waals surface area contributed by atoms with Gasteiger partial charge in [-0.1, -0.05) is 6.92 Å². The van der Waals surface area contributed by atoms with Gasteiger partial charge in [0, 0.05) is 6.61 Å². The predicted octanol–water partition coefficient (Wildman–Crippen LogP) is 1.78. The molecule has 0 aromatic rings. The van der Waals surface area contributed by atoms with Gasteiger partial charge < -0.3 is 14.6 Å². The van der Waals surface area contributed by atoms with E-state index in [0.29, 0.717) is 6.42 Å². The molecule has 1 fully saturated rings. The largest absolute Gasteiger partial charge is 0.481 e. The van der Waals surface area contributed by atoms with Gasteiger partial charge in [0.05, 0.1) is 12.5 Å². The van der Waals surface area contributed by atoms with E-state index in [0.717, 1.165) is 25.9 Å². The Labute approximate surface area is 84.2 Å². The molecule has 82 valence electrons. The van der Waals surface area contributed by atoms with Crippen molar-refractivity contribution < 1.29 is 19.4 Å². The van der Waals surface area contributed by atoms with Gasteiger partial charge in [0.25, 0.3) is 0 Å². The van der Waals surface area contributed by atoms with Crippen LogP contribution in [-0.4, -0.2) is 30.1 Å². The fourth-order valence-corrected chi connectivity index (χ4v) is 1.52. The summed E-state index contributed by atoms with van der Waals surface area (Å²) in [6.07, 6.45) is 3.45. The van der Waals surface area contributed by atoms with Gasteiger partial charge in [-0.25, -0.2) is 0 Å². The number of carboxylic acid groups (broad SMARTS) is 1. The molecule has 4 heteroatoms. The van der Waals surface area contributed by atoms with Crippen molar-refractivity contribution in [3.8, 4) is 0 Å². The van der Waals surface area contributed by atoms with E-state index in [9.17, 15) is 4.79 Å². The molecule has 0 saturated carbocycles. The van der Waals surface area contributed by atoms with E-state index in [2.05, 4.69) is 0 Å². The first-order valence-corrected chi connectivity index (χ1v) is 5.21. The molecule has 1 aliphatic rings. The van der Waals surface area contributed by atoms with Crippen molar-refractivity contribution in [1.82, 2.24) is 0 Å². The van der Waals surface area contributed by atoms with E-state index < -0.39 is 5.97 Å². The lowest BCUT2D eigenvalue weighted by molar-refractivity contribution is -0.192. The molecular weight excluding hydrogens is 184 g/mol. The summed E-state index contributed by atoms with van der Waals surface area (Å²) in [5.41, 5.74) is 0. The maximum absolute atomic E-state index is 10.5. The number of hydrogen-bond donors (Lipinski definition) is 1. The van der Waals surface area contributed by atoms with Crippen molar-refractivity contribution in [2.75, 3.05) is 6.61 Å². The number of hydrogen-bond acceptors (Lipinski definition) is 3. The standard InChI is InChI=1S/C10H18O4/c1-2-8(7-9(11)12)14-10-5-3-4-6-13-10/h8,10H,2-7H2,1H3,(H,11,12)/t8-,10?/m1/s1. The summed E-state index contributed by atoms with van der Waals surface area (Å²) >= 11 is 0. The number of aliphatic carboxylic acids is 1. The van der Waals surface area contributed by atoms with Gasteiger partial charge in [0.1, 0.15) is 0 Å². The second kappa shape index (κ2) is 5.98. The third-order valence-electron chi connectivity index (χ3n) is 2.34. The minimum atomic E-state index is -0.812. The van der Waals surface area contributed by atoms with E-state index in [-0.39, 0.29) is 18.8 Å². The predicted molar refractivity (Wildman–Crippen MR) is 51.0 cm³/mol. The van der Waals surface area contributed by atoms with E-state index in [4.69, 9.17) is 14.6 Å². The van der Waals surface area contributed by atoms with E-state index in [1.165, 1.54) is 0 Å². The van der Waals surface area contributed by atoms with Gasteiger partial charge in [0.15, 0.2) is 6.29 Å². The van der Waals surface area contributed by atoms with Crippen LogP contribution in [-0.2, 0) is 14.3 Å². The van der Waals surface area contributed by atoms with Crippen molar-refractivity contribution in [2.24, 2.45) is 0 Å². The van der Waals surface area contributed by atoms with Gasteiger partial charge in [-0.2, -0.15) is 0 Å². The van der Waals surface area contributed by atoms with E-state index >= 15 is 0 Å². The molecule has 0 aromatic carbocycles. The summed E-state index contributed by atoms with van der Waals surface area (Å²) in [6, 6.07) is 0. The Bertz CT molecular complexity index is 175. The Kier molecular flexibility index (Phi) is 4.90. The Morgan fingerprint density at radius 2 is 2.43 bits per heavy atom. The van der Waals surface area contributed by atoms with Gasteiger partial charge >= 0.3 is 5.97 Å². The monoisotopic (exact) mass is 202 g/mol. The Hall–Kier alpha value is -0.610. The molecular formula is C10H18O4. The highest BCUT2D eigenvalue weighted by atomic mass is 16.7. The minimum absolute atomic E-state index is 0.0658. The van der Waals surface area contributed by atoms with Crippen molar-refractivity contribution in [2.45, 2.75) is 51.4 Å². The zero-order valence-corrected chi connectivity index (χ0v) is 8.57. The first-order valence-electron chi connectivity index (χ1n) is 5.21. The number of rotatable bonds is 5. The van der Waals surface area contributed by atoms with Crippen molar-refractivity contribution >= 4 is 5.97 Å². The van der Waals surface area contributed by atoms with Crippen LogP contribution in [0.3, 0.4) is 0 Å². The molecule has 1 N–H and O–H groups in total. The summed E-state index contributed by atoms with van der Waals surface area (Å²) in [5.74, 6) is -0.812. The fraction of sp³-hybridized carbons (Fsp3) is 0.900. The quantitative estimate of drug-likeness (QED) is 0.738. The Balaban J connectivity index is 2.27. The first kappa shape index (κ1) is 11.5. The lowest BCUT2D eigenvalue weighted by atomic mass is 10.2. The molecule has 0 bridgehead atoms. The SMILES string of the molecule is CC[C@H](CC(=O)O)OC1CCCCO1. The molecule has 1 saturated heterocycles. The van der Waals surface area contributed by atoms with Crippen LogP contribution in [0, 0.1) is 0 Å². The van der Waals surface area contributed by atoms with E-state index in [1.807, 2.05) is 6.92 Å². The van der Waals surface area contributed by atoms with Crippen LogP contribution in [0.25, 0.3) is 0 Å². The molecule has 0 amide bonds. The molecule has 14 heavy (non-hydrogen) atoms.